The lowest BCUT2D eigenvalue weighted by Gasteiger charge is -2.09. The van der Waals surface area contributed by atoms with E-state index in [4.69, 9.17) is 4.74 Å². The summed E-state index contributed by atoms with van der Waals surface area (Å²) in [6.45, 7) is 6.01. The van der Waals surface area contributed by atoms with E-state index in [1.54, 1.807) is 16.8 Å². The van der Waals surface area contributed by atoms with Gasteiger partial charge in [-0.3, -0.25) is 0 Å². The Morgan fingerprint density at radius 1 is 1.13 bits per heavy atom. The highest BCUT2D eigenvalue weighted by Gasteiger charge is 2.24. The van der Waals surface area contributed by atoms with Crippen LogP contribution in [0.15, 0.2) is 48.5 Å². The Bertz CT molecular complexity index is 1280. The van der Waals surface area contributed by atoms with Crippen LogP contribution in [0.3, 0.4) is 0 Å². The lowest BCUT2D eigenvalue weighted by molar-refractivity contribution is 0.338. The van der Waals surface area contributed by atoms with E-state index in [2.05, 4.69) is 21.4 Å². The number of nitriles is 1. The van der Waals surface area contributed by atoms with Gasteiger partial charge in [0, 0.05) is 11.5 Å². The van der Waals surface area contributed by atoms with Gasteiger partial charge < -0.3 is 4.74 Å². The molecule has 0 aliphatic heterocycles. The first-order valence-electron chi connectivity index (χ1n) is 10.1. The van der Waals surface area contributed by atoms with Crippen molar-refractivity contribution >= 4 is 10.9 Å². The molecule has 0 N–H and O–H groups in total. The summed E-state index contributed by atoms with van der Waals surface area (Å²) in [5.41, 5.74) is 3.83. The Kier molecular flexibility index (Phi) is 5.63. The van der Waals surface area contributed by atoms with Gasteiger partial charge in [-0.15, -0.1) is 0 Å². The molecule has 0 bridgehead atoms. The first kappa shape index (κ1) is 20.5. The highest BCUT2D eigenvalue weighted by Crippen LogP contribution is 2.31. The van der Waals surface area contributed by atoms with Crippen molar-refractivity contribution in [3.8, 4) is 17.5 Å². The standard InChI is InChI=1S/C24H22FN5O/c1-4-31-19-10-11-21(20(25)13-19)30-16(3)22-15(2)27-28-23(24(22)29-30)18(14-26)12-17-8-6-5-7-9-17/h5-11,13,18H,4,12H2,1-3H3. The molecule has 0 saturated carbocycles. The number of ether oxygens (including phenoxy) is 1. The summed E-state index contributed by atoms with van der Waals surface area (Å²) in [6.07, 6.45) is 0.494. The van der Waals surface area contributed by atoms with Crippen molar-refractivity contribution in [1.82, 2.24) is 20.0 Å². The van der Waals surface area contributed by atoms with Gasteiger partial charge in [-0.05, 0) is 44.9 Å². The first-order valence-corrected chi connectivity index (χ1v) is 10.1. The minimum absolute atomic E-state index is 0.305. The van der Waals surface area contributed by atoms with Gasteiger partial charge in [0.05, 0.1) is 30.0 Å². The minimum atomic E-state index is -0.522. The molecule has 4 rings (SSSR count). The van der Waals surface area contributed by atoms with Crippen LogP contribution in [0.1, 0.15) is 35.5 Å². The van der Waals surface area contributed by atoms with Crippen molar-refractivity contribution in [3.63, 3.8) is 0 Å². The summed E-state index contributed by atoms with van der Waals surface area (Å²) < 4.78 is 21.8. The van der Waals surface area contributed by atoms with Crippen LogP contribution in [-0.4, -0.2) is 26.6 Å². The zero-order valence-corrected chi connectivity index (χ0v) is 17.6. The number of benzene rings is 2. The summed E-state index contributed by atoms with van der Waals surface area (Å²) in [7, 11) is 0. The second-order valence-corrected chi connectivity index (χ2v) is 7.31. The second-order valence-electron chi connectivity index (χ2n) is 7.31. The van der Waals surface area contributed by atoms with Crippen LogP contribution < -0.4 is 4.74 Å². The number of aryl methyl sites for hydroxylation is 2. The molecule has 6 nitrogen and oxygen atoms in total. The van der Waals surface area contributed by atoms with Crippen molar-refractivity contribution in [1.29, 1.82) is 5.26 Å². The molecule has 1 unspecified atom stereocenters. The average molecular weight is 415 g/mol. The topological polar surface area (TPSA) is 76.6 Å². The van der Waals surface area contributed by atoms with Crippen LogP contribution in [0.2, 0.25) is 0 Å². The van der Waals surface area contributed by atoms with Crippen molar-refractivity contribution in [2.24, 2.45) is 0 Å². The van der Waals surface area contributed by atoms with Crippen molar-refractivity contribution in [2.45, 2.75) is 33.1 Å². The second kappa shape index (κ2) is 8.52. The Hall–Kier alpha value is -3.79. The van der Waals surface area contributed by atoms with Crippen molar-refractivity contribution in [2.75, 3.05) is 6.61 Å². The Balaban J connectivity index is 1.83. The third-order valence-electron chi connectivity index (χ3n) is 5.26. The molecule has 0 amide bonds. The van der Waals surface area contributed by atoms with Gasteiger partial charge in [0.1, 0.15) is 22.6 Å². The summed E-state index contributed by atoms with van der Waals surface area (Å²) in [5.74, 6) is -0.500. The molecule has 156 valence electrons. The Morgan fingerprint density at radius 2 is 1.90 bits per heavy atom. The van der Waals surface area contributed by atoms with E-state index in [1.165, 1.54) is 6.07 Å². The molecule has 4 aromatic rings. The number of fused-ring (bicyclic) bond motifs is 1. The van der Waals surface area contributed by atoms with E-state index in [9.17, 15) is 9.65 Å². The fraction of sp³-hybridized carbons (Fsp3) is 0.250. The summed E-state index contributed by atoms with van der Waals surface area (Å²) in [5, 5.41) is 23.9. The van der Waals surface area contributed by atoms with Crippen LogP contribution >= 0.6 is 0 Å². The predicted molar refractivity (Wildman–Crippen MR) is 116 cm³/mol. The van der Waals surface area contributed by atoms with Gasteiger partial charge in [0.2, 0.25) is 0 Å². The molecule has 2 heterocycles. The molecule has 1 atom stereocenters. The lowest BCUT2D eigenvalue weighted by atomic mass is 9.96. The largest absolute Gasteiger partial charge is 0.494 e. The van der Waals surface area contributed by atoms with Gasteiger partial charge in [-0.25, -0.2) is 9.07 Å². The maximum Gasteiger partial charge on any atom is 0.152 e. The highest BCUT2D eigenvalue weighted by molar-refractivity contribution is 5.86. The van der Waals surface area contributed by atoms with Crippen LogP contribution in [0.4, 0.5) is 4.39 Å². The molecular weight excluding hydrogens is 393 g/mol. The first-order chi connectivity index (χ1) is 15.0. The molecule has 2 aromatic heterocycles. The maximum atomic E-state index is 14.9. The zero-order chi connectivity index (χ0) is 22.0. The van der Waals surface area contributed by atoms with E-state index in [0.29, 0.717) is 41.4 Å². The van der Waals surface area contributed by atoms with E-state index in [0.717, 1.165) is 16.6 Å². The quantitative estimate of drug-likeness (QED) is 0.451. The molecule has 0 radical (unpaired) electrons. The van der Waals surface area contributed by atoms with Crippen molar-refractivity contribution in [3.05, 3.63) is 77.0 Å². The fourth-order valence-electron chi connectivity index (χ4n) is 3.78. The van der Waals surface area contributed by atoms with E-state index in [1.807, 2.05) is 51.1 Å². The Labute approximate surface area is 179 Å². The van der Waals surface area contributed by atoms with Crippen LogP contribution in [-0.2, 0) is 6.42 Å². The predicted octanol–water partition coefficient (Wildman–Crippen LogP) is 4.82. The molecule has 31 heavy (non-hydrogen) atoms. The maximum absolute atomic E-state index is 14.9. The van der Waals surface area contributed by atoms with E-state index < -0.39 is 11.7 Å². The number of halogens is 1. The SMILES string of the molecule is CCOc1ccc(-n2nc3c(C(C#N)Cc4ccccc4)nnc(C)c3c2C)c(F)c1. The molecule has 0 saturated heterocycles. The number of aromatic nitrogens is 4. The summed E-state index contributed by atoms with van der Waals surface area (Å²) >= 11 is 0. The monoisotopic (exact) mass is 415 g/mol. The van der Waals surface area contributed by atoms with Crippen molar-refractivity contribution < 1.29 is 9.13 Å². The van der Waals surface area contributed by atoms with E-state index in [-0.39, 0.29) is 0 Å². The lowest BCUT2D eigenvalue weighted by Crippen LogP contribution is -2.07. The molecule has 0 spiro atoms. The van der Waals surface area contributed by atoms with Gasteiger partial charge in [-0.1, -0.05) is 30.3 Å². The van der Waals surface area contributed by atoms with Gasteiger partial charge in [0.25, 0.3) is 0 Å². The summed E-state index contributed by atoms with van der Waals surface area (Å²) in [4.78, 5) is 0. The third kappa shape index (κ3) is 3.84. The fourth-order valence-corrected chi connectivity index (χ4v) is 3.78. The number of nitrogens with zero attached hydrogens (tertiary/aromatic N) is 5. The normalized spacial score (nSPS) is 12.0. The third-order valence-corrected chi connectivity index (χ3v) is 5.26. The number of hydrogen-bond donors (Lipinski definition) is 0. The van der Waals surface area contributed by atoms with Gasteiger partial charge in [-0.2, -0.15) is 20.6 Å². The Morgan fingerprint density at radius 3 is 2.58 bits per heavy atom. The van der Waals surface area contributed by atoms with Gasteiger partial charge >= 0.3 is 0 Å². The van der Waals surface area contributed by atoms with Crippen LogP contribution in [0, 0.1) is 31.0 Å². The molecule has 2 aromatic carbocycles. The van der Waals surface area contributed by atoms with Crippen LogP contribution in [0.25, 0.3) is 16.6 Å². The van der Waals surface area contributed by atoms with E-state index >= 15 is 0 Å². The average Bonchev–Trinajstić information content (AvgIpc) is 3.11. The molecule has 0 aliphatic carbocycles. The molecular formula is C24H22FN5O. The molecule has 0 fully saturated rings. The van der Waals surface area contributed by atoms with Gasteiger partial charge in [0.15, 0.2) is 5.82 Å². The number of rotatable bonds is 6. The highest BCUT2D eigenvalue weighted by atomic mass is 19.1. The van der Waals surface area contributed by atoms with Crippen LogP contribution in [0.5, 0.6) is 5.75 Å². The summed E-state index contributed by atoms with van der Waals surface area (Å²) in [6, 6.07) is 16.8. The molecule has 0 aliphatic rings. The smallest absolute Gasteiger partial charge is 0.152 e. The number of hydrogen-bond acceptors (Lipinski definition) is 5. The zero-order valence-electron chi connectivity index (χ0n) is 17.6. The molecule has 7 heteroatoms. The minimum Gasteiger partial charge on any atom is -0.494 e.